The van der Waals surface area contributed by atoms with Crippen LogP contribution in [0.25, 0.3) is 21.8 Å². The molecule has 0 radical (unpaired) electrons. The number of benzene rings is 9. The Morgan fingerprint density at radius 2 is 0.602 bits per heavy atom. The Balaban J connectivity index is 0.000000168. The van der Waals surface area contributed by atoms with Gasteiger partial charge in [0.2, 0.25) is 0 Å². The number of ether oxygens (including phenoxy) is 8. The van der Waals surface area contributed by atoms with Crippen LogP contribution in [0.4, 0.5) is 0 Å². The average molecular weight is 1830 g/mol. The predicted octanol–water partition coefficient (Wildman–Crippen LogP) is 31.5. The van der Waals surface area contributed by atoms with Crippen LogP contribution in [0.2, 0.25) is 5.02 Å². The number of Topliss-reactive ketones (excluding diaryl/α,β-unsaturated/α-hetero) is 3. The smallest absolute Gasteiger partial charge is 0.170 e. The van der Waals surface area contributed by atoms with Gasteiger partial charge in [0.25, 0.3) is 0 Å². The van der Waals surface area contributed by atoms with Crippen molar-refractivity contribution >= 4 is 50.8 Å². The van der Waals surface area contributed by atoms with Crippen LogP contribution in [0.3, 0.4) is 0 Å². The molecule has 11 aromatic rings. The van der Waals surface area contributed by atoms with Crippen LogP contribution < -0.4 is 37.9 Å². The normalized spacial score (nSPS) is 14.3. The van der Waals surface area contributed by atoms with Gasteiger partial charge in [0.15, 0.2) is 17.3 Å². The van der Waals surface area contributed by atoms with Crippen molar-refractivity contribution in [2.45, 2.75) is 319 Å². The predicted molar refractivity (Wildman–Crippen MR) is 555 cm³/mol. The summed E-state index contributed by atoms with van der Waals surface area (Å²) in [4.78, 5) is 44.5. The van der Waals surface area contributed by atoms with E-state index in [1.165, 1.54) is 130 Å². The van der Waals surface area contributed by atoms with E-state index in [9.17, 15) is 14.4 Å². The number of carbonyl (C=O) groups is 3. The lowest BCUT2D eigenvalue weighted by molar-refractivity contribution is 0.0922. The van der Waals surface area contributed by atoms with Crippen LogP contribution in [0.5, 0.6) is 46.0 Å². The fraction of sp³-hybridized carbons (Fsp3) is 0.471. The Labute approximate surface area is 803 Å². The molecule has 8 aliphatic heterocycles. The largest absolute Gasteiger partial charge is 0.493 e. The molecule has 10 heterocycles. The van der Waals surface area contributed by atoms with Crippen molar-refractivity contribution < 1.29 is 52.3 Å². The molecule has 13 nitrogen and oxygen atoms in total. The van der Waals surface area contributed by atoms with Gasteiger partial charge in [-0.2, -0.15) is 0 Å². The molecule has 0 unspecified atom stereocenters. The van der Waals surface area contributed by atoms with Gasteiger partial charge in [0.1, 0.15) is 46.0 Å². The monoisotopic (exact) mass is 1820 g/mol. The molecule has 0 fully saturated rings. The fourth-order valence-electron chi connectivity index (χ4n) is 18.9. The highest BCUT2D eigenvalue weighted by molar-refractivity contribution is 6.30. The highest BCUT2D eigenvalue weighted by Crippen LogP contribution is 2.44. The molecular formula is C119H155ClN2O11. The van der Waals surface area contributed by atoms with Crippen molar-refractivity contribution in [1.82, 2.24) is 9.97 Å². The fourth-order valence-corrected chi connectivity index (χ4v) is 19.0. The Morgan fingerprint density at radius 1 is 0.278 bits per heavy atom. The van der Waals surface area contributed by atoms with Crippen LogP contribution in [0.1, 0.15) is 385 Å². The van der Waals surface area contributed by atoms with Crippen LogP contribution in [0.15, 0.2) is 134 Å². The molecule has 0 bridgehead atoms. The summed E-state index contributed by atoms with van der Waals surface area (Å²) in [6.45, 7) is 62.2. The lowest BCUT2D eigenvalue weighted by Gasteiger charge is -2.24. The first-order valence-electron chi connectivity index (χ1n) is 48.4. The summed E-state index contributed by atoms with van der Waals surface area (Å²) in [5.74, 6) is 13.2. The Hall–Kier alpha value is -10.5. The van der Waals surface area contributed by atoms with E-state index in [0.29, 0.717) is 92.3 Å². The van der Waals surface area contributed by atoms with Crippen molar-refractivity contribution in [2.24, 2.45) is 0 Å². The van der Waals surface area contributed by atoms with E-state index in [0.717, 1.165) is 166 Å². The molecule has 19 rings (SSSR count). The molecule has 0 N–H and O–H groups in total. The van der Waals surface area contributed by atoms with Crippen molar-refractivity contribution in [3.8, 4) is 46.0 Å². The molecular weight excluding hydrogens is 1670 g/mol. The number of hydrogen-bond acceptors (Lipinski definition) is 13. The summed E-state index contributed by atoms with van der Waals surface area (Å²) in [5.41, 5.74) is 33.6. The Bertz CT molecular complexity index is 5560. The minimum Gasteiger partial charge on any atom is -0.493 e. The molecule has 2 aromatic heterocycles. The van der Waals surface area contributed by atoms with Gasteiger partial charge in [0, 0.05) is 60.3 Å². The van der Waals surface area contributed by atoms with Crippen LogP contribution in [0, 0.1) is 55.4 Å². The number of rotatable bonds is 9. The SMILES string of the molecule is C.C.CC(C)c1ccc(Cl)cc1.CC(C)c1ccc2c(c1)C(=O)CCO2.CC(C)c1ccc2c(c1)CCCO2.CC(C)c1ccc2c3c(ccnc13)CCO2.CC(C)c1ccc2c3c(ccnc13)CCO2.Cc1cc(C(C)C)c(C)c2c1OCCC2.Cc1cc(C(C)C)c(C)c2c1OCCC2.Cc1cc(C(C)C)c(C)c2c1OCCC2=O.Cc1cc(C(C)C)c(C)c2c1OCCC2=O. The van der Waals surface area contributed by atoms with Crippen molar-refractivity contribution in [3.63, 3.8) is 0 Å². The van der Waals surface area contributed by atoms with E-state index in [2.05, 4.69) is 253 Å². The molecule has 133 heavy (non-hydrogen) atoms. The first-order chi connectivity index (χ1) is 62.5. The van der Waals surface area contributed by atoms with Gasteiger partial charge in [-0.1, -0.05) is 218 Å². The number of carbonyl (C=O) groups excluding carboxylic acids is 3. The van der Waals surface area contributed by atoms with Gasteiger partial charge < -0.3 is 37.9 Å². The van der Waals surface area contributed by atoms with E-state index in [1.54, 1.807) is 0 Å². The van der Waals surface area contributed by atoms with Gasteiger partial charge in [-0.15, -0.1) is 0 Å². The van der Waals surface area contributed by atoms with Gasteiger partial charge in [-0.3, -0.25) is 24.4 Å². The van der Waals surface area contributed by atoms with E-state index in [1.807, 2.05) is 70.4 Å². The van der Waals surface area contributed by atoms with E-state index in [4.69, 9.17) is 49.5 Å². The molecule has 9 aromatic carbocycles. The first-order valence-corrected chi connectivity index (χ1v) is 48.8. The maximum Gasteiger partial charge on any atom is 0.170 e. The average Bonchev–Trinajstić information content (AvgIpc) is 0.773. The second kappa shape index (κ2) is 48.6. The quantitative estimate of drug-likeness (QED) is 0.135. The number of pyridine rings is 2. The van der Waals surface area contributed by atoms with Crippen molar-refractivity contribution in [2.75, 3.05) is 52.9 Å². The minimum absolute atomic E-state index is 0. The number of aromatic nitrogens is 2. The molecule has 14 heteroatoms. The third kappa shape index (κ3) is 26.0. The van der Waals surface area contributed by atoms with Gasteiger partial charge >= 0.3 is 0 Å². The highest BCUT2D eigenvalue weighted by atomic mass is 35.5. The molecule has 8 aliphatic rings. The van der Waals surface area contributed by atoms with Crippen molar-refractivity contribution in [3.05, 3.63) is 278 Å². The molecule has 714 valence electrons. The third-order valence-electron chi connectivity index (χ3n) is 26.3. The van der Waals surface area contributed by atoms with Crippen LogP contribution in [-0.4, -0.2) is 80.2 Å². The second-order valence-corrected chi connectivity index (χ2v) is 39.5. The maximum absolute atomic E-state index is 12.0. The summed E-state index contributed by atoms with van der Waals surface area (Å²) >= 11 is 5.72. The Kier molecular flexibility index (Phi) is 38.8. The summed E-state index contributed by atoms with van der Waals surface area (Å²) in [7, 11) is 0. The number of halogens is 1. The van der Waals surface area contributed by atoms with Crippen LogP contribution in [-0.2, 0) is 32.1 Å². The lowest BCUT2D eigenvalue weighted by Crippen LogP contribution is -2.18. The van der Waals surface area contributed by atoms with Gasteiger partial charge in [-0.25, -0.2) is 0 Å². The molecule has 0 saturated carbocycles. The van der Waals surface area contributed by atoms with E-state index < -0.39 is 0 Å². The van der Waals surface area contributed by atoms with Gasteiger partial charge in [-0.05, 0) is 324 Å². The Morgan fingerprint density at radius 3 is 1.02 bits per heavy atom. The summed E-state index contributed by atoms with van der Waals surface area (Å²) in [6, 6.07) is 42.0. The minimum atomic E-state index is 0. The molecule has 0 aliphatic carbocycles. The summed E-state index contributed by atoms with van der Waals surface area (Å²) < 4.78 is 45.1. The molecule has 0 saturated heterocycles. The second-order valence-electron chi connectivity index (χ2n) is 39.0. The highest BCUT2D eigenvalue weighted by Gasteiger charge is 2.30. The zero-order valence-electron chi connectivity index (χ0n) is 83.6. The maximum atomic E-state index is 12.0. The van der Waals surface area contributed by atoms with E-state index in [-0.39, 0.29) is 32.2 Å². The standard InChI is InChI=1S/2C14H15NO.2C14H18O2.2C14H20O.C12H14O2.C12H16O.C9H11Cl.2CH4/c2*1-9(2)11-3-4-12-13-10(6-8-16-12)5-7-15-14(11)13;2*1-8(2)11-7-9(3)14-13(10(11)4)12(15)5-6-16-14;2*1-9(2)13-8-10(3)14-12(11(13)4)6-5-7-15-14;1-8(2)9-3-4-12-10(7-9)11(13)5-6-14-12;1-9(2)10-5-6-12-11(8-10)4-3-7-13-12;1-7(2)8-3-5-9(10)6-4-8;;/h2*3-5,7,9H,6,8H2,1-2H3;2*7-8H,5-6H2,1-4H3;2*8-9H,5-7H2,1-4H3;3-4,7-8H,5-6H2,1-2H3;5-6,8-9H,3-4,7H2,1-2H3;3-7H,1-2H3;2*1H4. The number of ketones is 3. The number of fused-ring (bicyclic) bond motifs is 6. The molecule has 0 atom stereocenters. The van der Waals surface area contributed by atoms with Crippen molar-refractivity contribution in [1.29, 1.82) is 0 Å². The topological polar surface area (TPSA) is 151 Å². The van der Waals surface area contributed by atoms with Crippen LogP contribution >= 0.6 is 11.6 Å². The lowest BCUT2D eigenvalue weighted by atomic mass is 9.88. The summed E-state index contributed by atoms with van der Waals surface area (Å²) in [5, 5.41) is 3.25. The molecule has 0 amide bonds. The zero-order chi connectivity index (χ0) is 94.9. The zero-order valence-corrected chi connectivity index (χ0v) is 84.4. The number of nitrogens with zero attached hydrogens (tertiary/aromatic N) is 2. The van der Waals surface area contributed by atoms with E-state index >= 15 is 0 Å². The number of aryl methyl sites for hydroxylation is 5. The number of hydrogen-bond donors (Lipinski definition) is 0. The first kappa shape index (κ1) is 106. The summed E-state index contributed by atoms with van der Waals surface area (Å²) in [6.07, 6.45) is 14.4. The molecule has 0 spiro atoms. The third-order valence-corrected chi connectivity index (χ3v) is 26.5. The van der Waals surface area contributed by atoms with Gasteiger partial charge in [0.05, 0.1) is 80.6 Å².